The Morgan fingerprint density at radius 1 is 0.562 bits per heavy atom. The van der Waals surface area contributed by atoms with Crippen molar-refractivity contribution in [1.29, 1.82) is 0 Å². The van der Waals surface area contributed by atoms with E-state index in [1.165, 1.54) is 39.0 Å². The lowest BCUT2D eigenvalue weighted by Gasteiger charge is -2.05. The van der Waals surface area contributed by atoms with Gasteiger partial charge in [0.1, 0.15) is 0 Å². The largest absolute Gasteiger partial charge is 0.122 e. The SMILES string of the molecule is C=C(C)Cc1ccccc1.C=C(Cc1ccccc1)c1ccccc1.C=CC.C=Cc1ccccc1.CC(C)C.ClCc1ccccc1. The molecule has 0 radical (unpaired) electrons. The minimum atomic E-state index is 0.612. The summed E-state index contributed by atoms with van der Waals surface area (Å²) >= 11 is 5.53. The molecule has 0 spiro atoms. The first-order chi connectivity index (χ1) is 23.2. The molecule has 0 aliphatic rings. The molecule has 0 unspecified atom stereocenters. The average molecular weight is 657 g/mol. The molecule has 0 bridgehead atoms. The second-order valence-corrected chi connectivity index (χ2v) is 11.9. The van der Waals surface area contributed by atoms with Gasteiger partial charge in [0.2, 0.25) is 0 Å². The first kappa shape index (κ1) is 43.4. The Kier molecular flexibility index (Phi) is 26.9. The molecule has 5 aromatic rings. The third kappa shape index (κ3) is 25.5. The van der Waals surface area contributed by atoms with Gasteiger partial charge in [0.15, 0.2) is 0 Å². The molecule has 0 aromatic heterocycles. The fourth-order valence-corrected chi connectivity index (χ4v) is 3.90. The smallest absolute Gasteiger partial charge is 0.0474 e. The molecule has 0 amide bonds. The standard InChI is InChI=1S/C15H14.C10H12.C8H8.C7H7Cl.C4H10.C3H6/c1-13(15-10-6-3-7-11-15)12-14-8-4-2-5-9-14;1-9(2)8-10-6-4-3-5-7-10;1-2-8-6-4-3-5-7-8;8-6-7-4-2-1-3-5-7;1-4(2)3;1-3-2/h2-11H,1,12H2;3-7H,1,8H2,2H3;2-7H,1H2;1-5H,6H2;4H,1-3H3;3H,1H2,2H3. The Bertz CT molecular complexity index is 1470. The van der Waals surface area contributed by atoms with Crippen molar-refractivity contribution in [3.05, 3.63) is 217 Å². The summed E-state index contributed by atoms with van der Waals surface area (Å²) in [5.41, 5.74) is 8.61. The number of allylic oxidation sites excluding steroid dienone is 3. The summed E-state index contributed by atoms with van der Waals surface area (Å²) in [7, 11) is 0. The van der Waals surface area contributed by atoms with Crippen LogP contribution in [0.2, 0.25) is 0 Å². The normalized spacial score (nSPS) is 8.98. The molecule has 0 N–H and O–H groups in total. The van der Waals surface area contributed by atoms with Crippen LogP contribution in [0.4, 0.5) is 0 Å². The predicted octanol–water partition coefficient (Wildman–Crippen LogP) is 14.4. The van der Waals surface area contributed by atoms with Crippen molar-refractivity contribution in [2.45, 2.75) is 53.3 Å². The van der Waals surface area contributed by atoms with E-state index in [2.05, 4.69) is 108 Å². The number of alkyl halides is 1. The summed E-state index contributed by atoms with van der Waals surface area (Å²) in [5.74, 6) is 1.45. The van der Waals surface area contributed by atoms with E-state index in [4.69, 9.17) is 11.6 Å². The van der Waals surface area contributed by atoms with E-state index in [0.717, 1.165) is 18.8 Å². The van der Waals surface area contributed by atoms with Crippen molar-refractivity contribution in [1.82, 2.24) is 0 Å². The lowest BCUT2D eigenvalue weighted by molar-refractivity contribution is 0.737. The van der Waals surface area contributed by atoms with Gasteiger partial charge in [0, 0.05) is 5.88 Å². The van der Waals surface area contributed by atoms with Crippen molar-refractivity contribution < 1.29 is 0 Å². The van der Waals surface area contributed by atoms with Gasteiger partial charge in [-0.25, -0.2) is 0 Å². The van der Waals surface area contributed by atoms with Gasteiger partial charge in [-0.1, -0.05) is 210 Å². The summed E-state index contributed by atoms with van der Waals surface area (Å²) < 4.78 is 0. The van der Waals surface area contributed by atoms with Crippen LogP contribution in [-0.4, -0.2) is 0 Å². The van der Waals surface area contributed by atoms with Crippen molar-refractivity contribution in [2.24, 2.45) is 5.92 Å². The molecular weight excluding hydrogens is 600 g/mol. The maximum atomic E-state index is 5.53. The average Bonchev–Trinajstić information content (AvgIpc) is 3.11. The van der Waals surface area contributed by atoms with Crippen LogP contribution in [0.3, 0.4) is 0 Å². The molecule has 5 rings (SSSR count). The van der Waals surface area contributed by atoms with E-state index in [-0.39, 0.29) is 0 Å². The third-order valence-electron chi connectivity index (χ3n) is 5.82. The second-order valence-electron chi connectivity index (χ2n) is 11.6. The Morgan fingerprint density at radius 3 is 1.17 bits per heavy atom. The minimum absolute atomic E-state index is 0.612. The van der Waals surface area contributed by atoms with E-state index in [9.17, 15) is 0 Å². The van der Waals surface area contributed by atoms with Gasteiger partial charge >= 0.3 is 0 Å². The number of halogens is 1. The highest BCUT2D eigenvalue weighted by Crippen LogP contribution is 2.17. The Balaban J connectivity index is 0.000000592. The molecule has 0 aliphatic carbocycles. The molecule has 0 fully saturated rings. The number of benzene rings is 5. The van der Waals surface area contributed by atoms with Crippen LogP contribution in [0.5, 0.6) is 0 Å². The molecule has 0 saturated heterocycles. The quantitative estimate of drug-likeness (QED) is 0.121. The van der Waals surface area contributed by atoms with Crippen molar-refractivity contribution in [2.75, 3.05) is 0 Å². The number of hydrogen-bond acceptors (Lipinski definition) is 0. The monoisotopic (exact) mass is 656 g/mol. The van der Waals surface area contributed by atoms with Crippen molar-refractivity contribution in [3.8, 4) is 0 Å². The molecule has 0 aliphatic heterocycles. The molecule has 0 heterocycles. The van der Waals surface area contributed by atoms with Gasteiger partial charge in [0.25, 0.3) is 0 Å². The van der Waals surface area contributed by atoms with E-state index in [1.54, 1.807) is 6.08 Å². The van der Waals surface area contributed by atoms with Gasteiger partial charge in [-0.2, -0.15) is 0 Å². The van der Waals surface area contributed by atoms with Gasteiger partial charge in [-0.05, 0) is 66.0 Å². The zero-order chi connectivity index (χ0) is 35.8. The zero-order valence-electron chi connectivity index (χ0n) is 30.0. The lowest BCUT2D eigenvalue weighted by Crippen LogP contribution is -1.88. The van der Waals surface area contributed by atoms with Crippen LogP contribution >= 0.6 is 11.6 Å². The number of rotatable bonds is 7. The van der Waals surface area contributed by atoms with Gasteiger partial charge in [-0.3, -0.25) is 0 Å². The van der Waals surface area contributed by atoms with Crippen molar-refractivity contribution in [3.63, 3.8) is 0 Å². The molecule has 252 valence electrons. The van der Waals surface area contributed by atoms with Crippen LogP contribution in [-0.2, 0) is 18.7 Å². The van der Waals surface area contributed by atoms with Crippen molar-refractivity contribution >= 4 is 23.3 Å². The van der Waals surface area contributed by atoms with Gasteiger partial charge in [-0.15, -0.1) is 18.2 Å². The fourth-order valence-electron chi connectivity index (χ4n) is 3.72. The van der Waals surface area contributed by atoms with Crippen LogP contribution < -0.4 is 0 Å². The first-order valence-corrected chi connectivity index (χ1v) is 17.0. The maximum absolute atomic E-state index is 5.53. The van der Waals surface area contributed by atoms with Gasteiger partial charge < -0.3 is 0 Å². The van der Waals surface area contributed by atoms with E-state index < -0.39 is 0 Å². The van der Waals surface area contributed by atoms with Crippen LogP contribution in [0, 0.1) is 5.92 Å². The fraction of sp³-hybridized carbons (Fsp3) is 0.191. The Labute approximate surface area is 298 Å². The molecule has 1 heteroatoms. The third-order valence-corrected chi connectivity index (χ3v) is 6.13. The molecule has 0 atom stereocenters. The van der Waals surface area contributed by atoms with E-state index in [1.807, 2.05) is 111 Å². The minimum Gasteiger partial charge on any atom is -0.122 e. The van der Waals surface area contributed by atoms with E-state index >= 15 is 0 Å². The highest BCUT2D eigenvalue weighted by atomic mass is 35.5. The lowest BCUT2D eigenvalue weighted by atomic mass is 10.00. The maximum Gasteiger partial charge on any atom is 0.0474 e. The molecule has 48 heavy (non-hydrogen) atoms. The molecular formula is C47H57Cl. The van der Waals surface area contributed by atoms with Crippen LogP contribution in [0.1, 0.15) is 62.4 Å². The highest BCUT2D eigenvalue weighted by molar-refractivity contribution is 6.17. The van der Waals surface area contributed by atoms with Crippen LogP contribution in [0.25, 0.3) is 11.6 Å². The Morgan fingerprint density at radius 2 is 0.875 bits per heavy atom. The summed E-state index contributed by atoms with van der Waals surface area (Å²) in [6.45, 7) is 25.4. The summed E-state index contributed by atoms with van der Waals surface area (Å²) in [5, 5.41) is 0. The molecule has 5 aromatic carbocycles. The topological polar surface area (TPSA) is 0 Å². The number of hydrogen-bond donors (Lipinski definition) is 0. The Hall–Kier alpha value is -4.65. The summed E-state index contributed by atoms with van der Waals surface area (Å²) in [4.78, 5) is 0. The van der Waals surface area contributed by atoms with Gasteiger partial charge in [0.05, 0.1) is 0 Å². The highest BCUT2D eigenvalue weighted by Gasteiger charge is 1.99. The zero-order valence-corrected chi connectivity index (χ0v) is 30.7. The summed E-state index contributed by atoms with van der Waals surface area (Å²) in [6, 6.07) is 51.1. The molecule has 0 saturated carbocycles. The van der Waals surface area contributed by atoms with E-state index in [0.29, 0.717) is 5.88 Å². The first-order valence-electron chi connectivity index (χ1n) is 16.5. The summed E-state index contributed by atoms with van der Waals surface area (Å²) in [6.07, 6.45) is 5.51. The van der Waals surface area contributed by atoms with Crippen LogP contribution in [0.15, 0.2) is 190 Å². The second kappa shape index (κ2) is 29.7. The molecule has 0 nitrogen and oxygen atoms in total. The predicted molar refractivity (Wildman–Crippen MR) is 219 cm³/mol.